The van der Waals surface area contributed by atoms with Gasteiger partial charge in [-0.25, -0.2) is 19.2 Å². The molecule has 5 heterocycles. The number of nitrogens with zero attached hydrogens (tertiary/aromatic N) is 6. The minimum Gasteiger partial charge on any atom is -0.462 e. The van der Waals surface area contributed by atoms with Crippen LogP contribution in [0.5, 0.6) is 0 Å². The van der Waals surface area contributed by atoms with E-state index in [0.29, 0.717) is 36.7 Å². The second kappa shape index (κ2) is 10.5. The molecular weight excluding hydrogens is 499 g/mol. The first-order valence-corrected chi connectivity index (χ1v) is 13.0. The van der Waals surface area contributed by atoms with Crippen molar-refractivity contribution in [3.63, 3.8) is 0 Å². The summed E-state index contributed by atoms with van der Waals surface area (Å²) in [5.74, 6) is 0.952. The fourth-order valence-corrected chi connectivity index (χ4v) is 5.18. The molecule has 0 saturated carbocycles. The molecule has 3 aliphatic rings. The van der Waals surface area contributed by atoms with Gasteiger partial charge in [-0.15, -0.1) is 0 Å². The maximum atomic E-state index is 14.8. The van der Waals surface area contributed by atoms with E-state index >= 15 is 0 Å². The zero-order valence-electron chi connectivity index (χ0n) is 21.8. The molecule has 3 aromatic rings. The van der Waals surface area contributed by atoms with Gasteiger partial charge in [0.15, 0.2) is 5.65 Å². The van der Waals surface area contributed by atoms with Crippen LogP contribution in [0.2, 0.25) is 0 Å². The largest absolute Gasteiger partial charge is 0.462 e. The van der Waals surface area contributed by atoms with Crippen molar-refractivity contribution in [3.8, 4) is 22.6 Å². The first kappa shape index (κ1) is 25.0. The molecule has 9 nitrogen and oxygen atoms in total. The SMILES string of the molecule is CCOC(=O)c1cnn2c(N(C)Cc3ccccc3)cc(-c3cnc4n([C@@H]5CCOC[C@@H]5F)cccc3-4)nc12. The molecule has 10 heteroatoms. The standard InChI is InChI=1S/C29H29FN6O3/c1-3-39-29(37)22-16-32-36-26(34(2)17-19-8-5-4-6-9-19)14-24(33-28(22)36)21-15-31-27-20(21)10-7-12-35(27)25-11-13-38-18-23(25)30/h4-10,12,14-16,23,25H,3,11,13,17-18H2,1-2H3/t23-,25+/m0/s1. The predicted molar refractivity (Wildman–Crippen MR) is 145 cm³/mol. The predicted octanol–water partition coefficient (Wildman–Crippen LogP) is 4.81. The number of halogens is 1. The van der Waals surface area contributed by atoms with Crippen LogP contribution in [-0.4, -0.2) is 63.2 Å². The minimum atomic E-state index is -1.11. The highest BCUT2D eigenvalue weighted by atomic mass is 19.1. The summed E-state index contributed by atoms with van der Waals surface area (Å²) in [6.07, 6.45) is 4.58. The number of fused-ring (bicyclic) bond motifs is 2. The van der Waals surface area contributed by atoms with Crippen molar-refractivity contribution in [3.05, 3.63) is 78.2 Å². The van der Waals surface area contributed by atoms with Gasteiger partial charge in [0.25, 0.3) is 0 Å². The number of ether oxygens (including phenoxy) is 2. The highest BCUT2D eigenvalue weighted by Gasteiger charge is 2.30. The van der Waals surface area contributed by atoms with E-state index in [4.69, 9.17) is 14.5 Å². The smallest absolute Gasteiger partial charge is 0.343 e. The number of anilines is 1. The van der Waals surface area contributed by atoms with Gasteiger partial charge in [-0.05, 0) is 31.0 Å². The molecule has 1 fully saturated rings. The third kappa shape index (κ3) is 4.61. The van der Waals surface area contributed by atoms with Crippen LogP contribution in [0.3, 0.4) is 0 Å². The van der Waals surface area contributed by atoms with Crippen molar-refractivity contribution >= 4 is 17.4 Å². The molecule has 1 aromatic carbocycles. The Morgan fingerprint density at radius 2 is 2.03 bits per heavy atom. The molecule has 6 rings (SSSR count). The topological polar surface area (TPSA) is 86.8 Å². The molecule has 0 aliphatic carbocycles. The van der Waals surface area contributed by atoms with Gasteiger partial charge in [-0.1, -0.05) is 30.3 Å². The van der Waals surface area contributed by atoms with Crippen LogP contribution >= 0.6 is 0 Å². The minimum absolute atomic E-state index is 0.0782. The average molecular weight is 529 g/mol. The van der Waals surface area contributed by atoms with E-state index < -0.39 is 12.1 Å². The second-order valence-electron chi connectivity index (χ2n) is 9.63. The summed E-state index contributed by atoms with van der Waals surface area (Å²) < 4.78 is 28.9. The van der Waals surface area contributed by atoms with Gasteiger partial charge >= 0.3 is 5.97 Å². The summed E-state index contributed by atoms with van der Waals surface area (Å²) in [5.41, 5.74) is 4.08. The highest BCUT2D eigenvalue weighted by molar-refractivity contribution is 5.96. The monoisotopic (exact) mass is 528 g/mol. The Kier molecular flexibility index (Phi) is 6.70. The summed E-state index contributed by atoms with van der Waals surface area (Å²) in [4.78, 5) is 24.4. The molecule has 0 spiro atoms. The lowest BCUT2D eigenvalue weighted by atomic mass is 10.0. The van der Waals surface area contributed by atoms with Crippen LogP contribution in [-0.2, 0) is 16.0 Å². The Labute approximate surface area is 225 Å². The van der Waals surface area contributed by atoms with E-state index in [-0.39, 0.29) is 24.8 Å². The molecule has 3 aliphatic heterocycles. The molecule has 0 bridgehead atoms. The van der Waals surface area contributed by atoms with E-state index in [9.17, 15) is 9.18 Å². The van der Waals surface area contributed by atoms with Gasteiger partial charge in [-0.3, -0.25) is 0 Å². The number of carbonyl (C=O) groups is 1. The number of benzene rings is 1. The van der Waals surface area contributed by atoms with E-state index in [2.05, 4.69) is 27.1 Å². The van der Waals surface area contributed by atoms with Crippen molar-refractivity contribution in [1.82, 2.24) is 24.1 Å². The lowest BCUT2D eigenvalue weighted by molar-refractivity contribution is 0.00346. The number of carbonyl (C=O) groups excluding carboxylic acids is 1. The number of aromatic nitrogens is 5. The number of pyridine rings is 1. The van der Waals surface area contributed by atoms with Gasteiger partial charge in [0.2, 0.25) is 0 Å². The summed E-state index contributed by atoms with van der Waals surface area (Å²) in [7, 11) is 1.97. The van der Waals surface area contributed by atoms with Crippen LogP contribution in [0, 0.1) is 0 Å². The quantitative estimate of drug-likeness (QED) is 0.280. The molecule has 200 valence electrons. The van der Waals surface area contributed by atoms with Crippen LogP contribution in [0.4, 0.5) is 10.2 Å². The second-order valence-corrected chi connectivity index (χ2v) is 9.63. The first-order chi connectivity index (χ1) is 19.0. The summed E-state index contributed by atoms with van der Waals surface area (Å²) in [6, 6.07) is 15.6. The number of alkyl halides is 1. The van der Waals surface area contributed by atoms with E-state index in [1.807, 2.05) is 54.2 Å². The summed E-state index contributed by atoms with van der Waals surface area (Å²) in [5, 5.41) is 4.49. The maximum absolute atomic E-state index is 14.8. The van der Waals surface area contributed by atoms with Crippen LogP contribution in [0.1, 0.15) is 35.3 Å². The normalized spacial score (nSPS) is 17.5. The number of rotatable bonds is 7. The zero-order valence-corrected chi connectivity index (χ0v) is 21.8. The van der Waals surface area contributed by atoms with E-state index in [1.54, 1.807) is 17.6 Å². The van der Waals surface area contributed by atoms with Gasteiger partial charge < -0.3 is 18.9 Å². The van der Waals surface area contributed by atoms with Crippen molar-refractivity contribution < 1.29 is 18.7 Å². The lowest BCUT2D eigenvalue weighted by Gasteiger charge is -2.29. The molecular formula is C29H29FN6O3. The lowest BCUT2D eigenvalue weighted by Crippen LogP contribution is -2.32. The number of esters is 1. The molecule has 2 aromatic heterocycles. The van der Waals surface area contributed by atoms with E-state index in [1.165, 1.54) is 6.20 Å². The van der Waals surface area contributed by atoms with E-state index in [0.717, 1.165) is 22.5 Å². The highest BCUT2D eigenvalue weighted by Crippen LogP contribution is 2.37. The zero-order chi connectivity index (χ0) is 26.9. The first-order valence-electron chi connectivity index (χ1n) is 13.0. The number of hydrogen-bond acceptors (Lipinski definition) is 7. The average Bonchev–Trinajstić information content (AvgIpc) is 3.58. The molecule has 0 unspecified atom stereocenters. The van der Waals surface area contributed by atoms with Crippen LogP contribution in [0.25, 0.3) is 28.3 Å². The summed E-state index contributed by atoms with van der Waals surface area (Å²) in [6.45, 7) is 3.22. The third-order valence-electron chi connectivity index (χ3n) is 7.09. The number of hydrogen-bond donors (Lipinski definition) is 0. The molecule has 39 heavy (non-hydrogen) atoms. The van der Waals surface area contributed by atoms with Gasteiger partial charge in [0, 0.05) is 49.8 Å². The fraction of sp³-hybridized carbons (Fsp3) is 0.310. The Hall–Kier alpha value is -4.31. The maximum Gasteiger partial charge on any atom is 0.343 e. The Bertz CT molecular complexity index is 1580. The van der Waals surface area contributed by atoms with Crippen molar-refractivity contribution in [2.75, 3.05) is 31.8 Å². The van der Waals surface area contributed by atoms with Crippen LogP contribution in [0.15, 0.2) is 67.1 Å². The van der Waals surface area contributed by atoms with Crippen molar-refractivity contribution in [2.45, 2.75) is 32.1 Å². The Morgan fingerprint density at radius 1 is 1.18 bits per heavy atom. The van der Waals surface area contributed by atoms with Crippen LogP contribution < -0.4 is 4.90 Å². The molecule has 2 atom stereocenters. The van der Waals surface area contributed by atoms with Crippen molar-refractivity contribution in [1.29, 1.82) is 0 Å². The Balaban J connectivity index is 1.46. The molecule has 0 radical (unpaired) electrons. The third-order valence-corrected chi connectivity index (χ3v) is 7.09. The molecule has 0 N–H and O–H groups in total. The van der Waals surface area contributed by atoms with Gasteiger partial charge in [0.05, 0.1) is 31.1 Å². The molecule has 0 amide bonds. The van der Waals surface area contributed by atoms with Gasteiger partial charge in [0.1, 0.15) is 23.4 Å². The fourth-order valence-electron chi connectivity index (χ4n) is 5.18. The van der Waals surface area contributed by atoms with Gasteiger partial charge in [-0.2, -0.15) is 9.61 Å². The van der Waals surface area contributed by atoms with Crippen molar-refractivity contribution in [2.24, 2.45) is 0 Å². The Morgan fingerprint density at radius 3 is 2.82 bits per heavy atom. The summed E-state index contributed by atoms with van der Waals surface area (Å²) >= 11 is 0. The molecule has 1 saturated heterocycles.